The molecule has 1 N–H and O–H groups in total. The van der Waals surface area contributed by atoms with Crippen LogP contribution in [0.4, 0.5) is 5.82 Å². The van der Waals surface area contributed by atoms with E-state index >= 15 is 0 Å². The zero-order valence-electron chi connectivity index (χ0n) is 23.3. The predicted octanol–water partition coefficient (Wildman–Crippen LogP) is 5.92. The van der Waals surface area contributed by atoms with E-state index in [1.54, 1.807) is 0 Å². The normalized spacial score (nSPS) is 13.9. The van der Waals surface area contributed by atoms with Gasteiger partial charge in [-0.1, -0.05) is 60.7 Å². The van der Waals surface area contributed by atoms with Gasteiger partial charge in [0.2, 0.25) is 6.79 Å². The Morgan fingerprint density at radius 2 is 1.68 bits per heavy atom. The molecule has 7 rings (SSSR count). The van der Waals surface area contributed by atoms with Gasteiger partial charge < -0.3 is 24.3 Å². The minimum atomic E-state index is -0.198. The average molecular weight is 545 g/mol. The highest BCUT2D eigenvalue weighted by Gasteiger charge is 2.25. The molecule has 0 saturated carbocycles. The zero-order valence-corrected chi connectivity index (χ0v) is 23.3. The Morgan fingerprint density at radius 3 is 2.54 bits per heavy atom. The number of pyridine rings is 1. The topological polar surface area (TPSA) is 68.6 Å². The standard InChI is InChI=1S/C34H32N4O3/c1-22-23(2)38(19-24-8-4-3-5-9-24)32-28(22)17-29(34(39)35-18-25-12-13-30-31(16-25)41-21-40-30)36-33(32)37-15-14-26-10-6-7-11-27(26)20-37/h3-13,16-17H,14-15,18-21H2,1-2H3,(H,35,39). The molecule has 0 bridgehead atoms. The Morgan fingerprint density at radius 1 is 0.902 bits per heavy atom. The van der Waals surface area contributed by atoms with Crippen LogP contribution >= 0.6 is 0 Å². The minimum Gasteiger partial charge on any atom is -0.454 e. The number of rotatable bonds is 6. The number of aromatic nitrogens is 2. The first-order chi connectivity index (χ1) is 20.0. The Hall–Kier alpha value is -4.78. The van der Waals surface area contributed by atoms with Gasteiger partial charge in [0.15, 0.2) is 17.3 Å². The number of nitrogens with zero attached hydrogens (tertiary/aromatic N) is 3. The lowest BCUT2D eigenvalue weighted by Gasteiger charge is -2.31. The number of nitrogens with one attached hydrogen (secondary N) is 1. The molecule has 0 fully saturated rings. The molecule has 3 aromatic carbocycles. The Kier molecular flexibility index (Phi) is 6.34. The molecule has 4 heterocycles. The van der Waals surface area contributed by atoms with Crippen LogP contribution < -0.4 is 19.7 Å². The van der Waals surface area contributed by atoms with Crippen molar-refractivity contribution in [2.45, 2.75) is 39.9 Å². The molecule has 206 valence electrons. The summed E-state index contributed by atoms with van der Waals surface area (Å²) in [5.41, 5.74) is 8.71. The summed E-state index contributed by atoms with van der Waals surface area (Å²) in [6.45, 7) is 7.24. The van der Waals surface area contributed by atoms with Gasteiger partial charge in [-0.05, 0) is 66.3 Å². The summed E-state index contributed by atoms with van der Waals surface area (Å²) in [4.78, 5) is 21.0. The van der Waals surface area contributed by atoms with Crippen LogP contribution in [0.1, 0.15) is 44.0 Å². The smallest absolute Gasteiger partial charge is 0.270 e. The summed E-state index contributed by atoms with van der Waals surface area (Å²) in [6.07, 6.45) is 0.942. The van der Waals surface area contributed by atoms with Crippen LogP contribution in [0.2, 0.25) is 0 Å². The van der Waals surface area contributed by atoms with E-state index in [2.05, 4.69) is 77.2 Å². The number of ether oxygens (including phenoxy) is 2. The highest BCUT2D eigenvalue weighted by Crippen LogP contribution is 2.36. The Bertz CT molecular complexity index is 1780. The SMILES string of the molecule is Cc1c(C)n(Cc2ccccc2)c2c(N3CCc4ccccc4C3)nc(C(=O)NCc3ccc4c(c3)OCO4)cc12. The molecular weight excluding hydrogens is 512 g/mol. The maximum atomic E-state index is 13.6. The van der Waals surface area contributed by atoms with Crippen LogP contribution in [0.5, 0.6) is 11.5 Å². The largest absolute Gasteiger partial charge is 0.454 e. The molecule has 1 amide bonds. The molecule has 2 aliphatic rings. The van der Waals surface area contributed by atoms with Gasteiger partial charge in [0.1, 0.15) is 5.69 Å². The third-order valence-corrected chi connectivity index (χ3v) is 8.33. The quantitative estimate of drug-likeness (QED) is 0.287. The second-order valence-electron chi connectivity index (χ2n) is 10.8. The van der Waals surface area contributed by atoms with E-state index in [0.717, 1.165) is 54.1 Å². The Balaban J connectivity index is 1.28. The van der Waals surface area contributed by atoms with Crippen molar-refractivity contribution in [2.75, 3.05) is 18.2 Å². The molecule has 7 nitrogen and oxygen atoms in total. The molecule has 0 spiro atoms. The van der Waals surface area contributed by atoms with Crippen LogP contribution in [0.15, 0.2) is 78.9 Å². The van der Waals surface area contributed by atoms with Crippen molar-refractivity contribution in [3.63, 3.8) is 0 Å². The molecule has 0 radical (unpaired) electrons. The lowest BCUT2D eigenvalue weighted by atomic mass is 10.00. The molecule has 0 aliphatic carbocycles. The third kappa shape index (κ3) is 4.67. The van der Waals surface area contributed by atoms with E-state index in [1.807, 2.05) is 30.3 Å². The van der Waals surface area contributed by atoms with Crippen LogP contribution in [-0.2, 0) is 26.1 Å². The molecule has 41 heavy (non-hydrogen) atoms. The fourth-order valence-corrected chi connectivity index (χ4v) is 5.94. The van der Waals surface area contributed by atoms with Crippen LogP contribution in [0.3, 0.4) is 0 Å². The van der Waals surface area contributed by atoms with E-state index in [4.69, 9.17) is 14.5 Å². The molecule has 5 aromatic rings. The number of anilines is 1. The number of aryl methyl sites for hydroxylation is 1. The third-order valence-electron chi connectivity index (χ3n) is 8.33. The summed E-state index contributed by atoms with van der Waals surface area (Å²) in [5.74, 6) is 2.09. The zero-order chi connectivity index (χ0) is 27.9. The van der Waals surface area contributed by atoms with E-state index in [1.165, 1.54) is 27.9 Å². The van der Waals surface area contributed by atoms with Crippen molar-refractivity contribution in [1.29, 1.82) is 0 Å². The van der Waals surface area contributed by atoms with Gasteiger partial charge in [-0.15, -0.1) is 0 Å². The summed E-state index contributed by atoms with van der Waals surface area (Å²) in [7, 11) is 0. The first-order valence-corrected chi connectivity index (χ1v) is 14.1. The Labute approximate surface area is 239 Å². The second-order valence-corrected chi connectivity index (χ2v) is 10.8. The number of benzene rings is 3. The van der Waals surface area contributed by atoms with E-state index in [9.17, 15) is 4.79 Å². The number of hydrogen-bond acceptors (Lipinski definition) is 5. The summed E-state index contributed by atoms with van der Waals surface area (Å²) in [5, 5.41) is 4.14. The van der Waals surface area contributed by atoms with E-state index in [-0.39, 0.29) is 12.7 Å². The van der Waals surface area contributed by atoms with Crippen molar-refractivity contribution in [3.05, 3.63) is 118 Å². The second kappa shape index (κ2) is 10.3. The summed E-state index contributed by atoms with van der Waals surface area (Å²) < 4.78 is 13.3. The summed E-state index contributed by atoms with van der Waals surface area (Å²) in [6, 6.07) is 26.8. The highest BCUT2D eigenvalue weighted by molar-refractivity contribution is 6.01. The molecule has 2 aliphatic heterocycles. The van der Waals surface area contributed by atoms with Crippen molar-refractivity contribution in [2.24, 2.45) is 0 Å². The number of carbonyl (C=O) groups is 1. The van der Waals surface area contributed by atoms with Gasteiger partial charge in [0.05, 0.1) is 5.52 Å². The minimum absolute atomic E-state index is 0.198. The van der Waals surface area contributed by atoms with Crippen molar-refractivity contribution < 1.29 is 14.3 Å². The molecule has 0 unspecified atom stereocenters. The molecule has 0 saturated heterocycles. The summed E-state index contributed by atoms with van der Waals surface area (Å²) >= 11 is 0. The lowest BCUT2D eigenvalue weighted by Crippen LogP contribution is -2.32. The molecule has 0 atom stereocenters. The van der Waals surface area contributed by atoms with Gasteiger partial charge in [-0.25, -0.2) is 4.98 Å². The van der Waals surface area contributed by atoms with Crippen molar-refractivity contribution >= 4 is 22.6 Å². The van der Waals surface area contributed by atoms with Gasteiger partial charge in [0.25, 0.3) is 5.91 Å². The first-order valence-electron chi connectivity index (χ1n) is 14.1. The van der Waals surface area contributed by atoms with Crippen molar-refractivity contribution in [1.82, 2.24) is 14.9 Å². The van der Waals surface area contributed by atoms with Gasteiger partial charge in [-0.3, -0.25) is 4.79 Å². The molecular formula is C34H32N4O3. The van der Waals surface area contributed by atoms with Crippen molar-refractivity contribution in [3.8, 4) is 11.5 Å². The fourth-order valence-electron chi connectivity index (χ4n) is 5.94. The van der Waals surface area contributed by atoms with E-state index in [0.29, 0.717) is 18.0 Å². The van der Waals surface area contributed by atoms with E-state index < -0.39 is 0 Å². The number of amides is 1. The first kappa shape index (κ1) is 25.2. The molecule has 7 heteroatoms. The number of fused-ring (bicyclic) bond motifs is 3. The number of hydrogen-bond donors (Lipinski definition) is 1. The van der Waals surface area contributed by atoms with Crippen LogP contribution in [0.25, 0.3) is 10.9 Å². The molecule has 2 aromatic heterocycles. The van der Waals surface area contributed by atoms with Crippen LogP contribution in [-0.4, -0.2) is 28.8 Å². The van der Waals surface area contributed by atoms with Gasteiger partial charge >= 0.3 is 0 Å². The monoisotopic (exact) mass is 544 g/mol. The fraction of sp³-hybridized carbons (Fsp3) is 0.235. The van der Waals surface area contributed by atoms with Crippen LogP contribution in [0, 0.1) is 13.8 Å². The highest BCUT2D eigenvalue weighted by atomic mass is 16.7. The maximum Gasteiger partial charge on any atom is 0.270 e. The predicted molar refractivity (Wildman–Crippen MR) is 160 cm³/mol. The van der Waals surface area contributed by atoms with Gasteiger partial charge in [-0.2, -0.15) is 0 Å². The van der Waals surface area contributed by atoms with Gasteiger partial charge in [0, 0.05) is 37.3 Å². The maximum absolute atomic E-state index is 13.6. The lowest BCUT2D eigenvalue weighted by molar-refractivity contribution is 0.0946. The average Bonchev–Trinajstić information content (AvgIpc) is 3.58. The number of carbonyl (C=O) groups excluding carboxylic acids is 1.